The summed E-state index contributed by atoms with van der Waals surface area (Å²) >= 11 is 0. The highest BCUT2D eigenvalue weighted by molar-refractivity contribution is 4.48. The number of unbranched alkanes of at least 4 members (excludes halogenated alkanes) is 5. The fourth-order valence-corrected chi connectivity index (χ4v) is 1.57. The number of hydrogen-bond acceptors (Lipinski definition) is 5. The predicted octanol–water partition coefficient (Wildman–Crippen LogP) is 0.518. The molecule has 0 bridgehead atoms. The van der Waals surface area contributed by atoms with Gasteiger partial charge in [0, 0.05) is 0 Å². The molecule has 0 atom stereocenters. The third kappa shape index (κ3) is 27.1. The summed E-state index contributed by atoms with van der Waals surface area (Å²) in [6, 6.07) is 0. The first-order valence-corrected chi connectivity index (χ1v) is 7.84. The van der Waals surface area contributed by atoms with Gasteiger partial charge in [0.25, 0.3) is 0 Å². The first kappa shape index (κ1) is 21.1. The molecule has 118 valence electrons. The maximum Gasteiger partial charge on any atom is -0.00369 e. The summed E-state index contributed by atoms with van der Waals surface area (Å²) in [5.74, 6) is 0. The number of hydrogen-bond donors (Lipinski definition) is 5. The maximum atomic E-state index is 5.35. The molecule has 0 aliphatic rings. The van der Waals surface area contributed by atoms with E-state index in [9.17, 15) is 0 Å². The van der Waals surface area contributed by atoms with E-state index in [1.54, 1.807) is 0 Å². The zero-order valence-corrected chi connectivity index (χ0v) is 12.7. The van der Waals surface area contributed by atoms with Crippen LogP contribution in [0.4, 0.5) is 0 Å². The minimum Gasteiger partial charge on any atom is -0.330 e. The monoisotopic (exact) mass is 275 g/mol. The molecule has 0 amide bonds. The normalized spacial score (nSPS) is 10.1. The lowest BCUT2D eigenvalue weighted by molar-refractivity contribution is 0.601. The standard InChI is InChI=1S/C8H20N2.C6H17N3/c9-7-5-3-1-2-4-6-8-10;7-3-1-5-9-6-2-4-8/h1-10H2;9H,1-8H2. The van der Waals surface area contributed by atoms with Crippen LogP contribution in [0.15, 0.2) is 0 Å². The molecule has 0 spiro atoms. The summed E-state index contributed by atoms with van der Waals surface area (Å²) in [6.45, 7) is 5.28. The summed E-state index contributed by atoms with van der Waals surface area (Å²) in [6.07, 6.45) is 9.73. The van der Waals surface area contributed by atoms with Crippen molar-refractivity contribution in [3.05, 3.63) is 0 Å². The van der Waals surface area contributed by atoms with Gasteiger partial charge < -0.3 is 28.3 Å². The zero-order valence-electron chi connectivity index (χ0n) is 12.7. The first-order chi connectivity index (χ1) is 9.33. The smallest absolute Gasteiger partial charge is 0.00369 e. The topological polar surface area (TPSA) is 116 Å². The quantitative estimate of drug-likeness (QED) is 0.314. The average molecular weight is 275 g/mol. The maximum absolute atomic E-state index is 5.35. The number of nitrogens with one attached hydrogen (secondary N) is 1. The minimum atomic E-state index is 0.773. The van der Waals surface area contributed by atoms with Crippen molar-refractivity contribution in [2.45, 2.75) is 51.4 Å². The molecule has 0 rings (SSSR count). The summed E-state index contributed by atoms with van der Waals surface area (Å²) in [4.78, 5) is 0. The Kier molecular flexibility index (Phi) is 25.5. The van der Waals surface area contributed by atoms with Crippen molar-refractivity contribution in [3.63, 3.8) is 0 Å². The van der Waals surface area contributed by atoms with Gasteiger partial charge in [-0.1, -0.05) is 25.7 Å². The molecule has 0 heterocycles. The molecule has 19 heavy (non-hydrogen) atoms. The van der Waals surface area contributed by atoms with Gasteiger partial charge >= 0.3 is 0 Å². The largest absolute Gasteiger partial charge is 0.330 e. The van der Waals surface area contributed by atoms with E-state index in [1.165, 1.54) is 38.5 Å². The Morgan fingerprint density at radius 2 is 0.737 bits per heavy atom. The van der Waals surface area contributed by atoms with Crippen LogP contribution >= 0.6 is 0 Å². The summed E-state index contributed by atoms with van der Waals surface area (Å²) in [7, 11) is 0. The minimum absolute atomic E-state index is 0.773. The zero-order chi connectivity index (χ0) is 14.6. The second-order valence-electron chi connectivity index (χ2n) is 4.73. The third-order valence-corrected chi connectivity index (χ3v) is 2.77. The van der Waals surface area contributed by atoms with Crippen LogP contribution in [0.25, 0.3) is 0 Å². The van der Waals surface area contributed by atoms with E-state index in [-0.39, 0.29) is 0 Å². The molecule has 0 saturated carbocycles. The molecule has 0 aromatic rings. The molecule has 0 aromatic heterocycles. The van der Waals surface area contributed by atoms with Crippen molar-refractivity contribution in [3.8, 4) is 0 Å². The fourth-order valence-electron chi connectivity index (χ4n) is 1.57. The molecule has 0 saturated heterocycles. The van der Waals surface area contributed by atoms with E-state index >= 15 is 0 Å². The summed E-state index contributed by atoms with van der Waals surface area (Å²) < 4.78 is 0. The molecule has 0 fully saturated rings. The Morgan fingerprint density at radius 1 is 0.421 bits per heavy atom. The van der Waals surface area contributed by atoms with Gasteiger partial charge in [0.05, 0.1) is 0 Å². The van der Waals surface area contributed by atoms with E-state index in [0.29, 0.717) is 0 Å². The Hall–Kier alpha value is -0.200. The van der Waals surface area contributed by atoms with E-state index in [4.69, 9.17) is 22.9 Å². The molecule has 5 nitrogen and oxygen atoms in total. The third-order valence-electron chi connectivity index (χ3n) is 2.77. The van der Waals surface area contributed by atoms with Crippen LogP contribution in [-0.4, -0.2) is 39.3 Å². The van der Waals surface area contributed by atoms with Crippen LogP contribution in [0.1, 0.15) is 51.4 Å². The molecule has 0 aliphatic heterocycles. The van der Waals surface area contributed by atoms with Crippen LogP contribution in [0.2, 0.25) is 0 Å². The van der Waals surface area contributed by atoms with E-state index in [2.05, 4.69) is 5.32 Å². The molecule has 0 aliphatic carbocycles. The van der Waals surface area contributed by atoms with Gasteiger partial charge in [0.2, 0.25) is 0 Å². The van der Waals surface area contributed by atoms with Gasteiger partial charge in [-0.15, -0.1) is 0 Å². The fraction of sp³-hybridized carbons (Fsp3) is 1.00. The second kappa shape index (κ2) is 22.9. The molecule has 0 aromatic carbocycles. The van der Waals surface area contributed by atoms with Crippen LogP contribution in [0.5, 0.6) is 0 Å². The molecule has 0 radical (unpaired) electrons. The van der Waals surface area contributed by atoms with Crippen LogP contribution in [-0.2, 0) is 0 Å². The average Bonchev–Trinajstić information content (AvgIpc) is 2.43. The highest BCUT2D eigenvalue weighted by atomic mass is 14.8. The lowest BCUT2D eigenvalue weighted by atomic mass is 10.1. The Bertz CT molecular complexity index is 119. The molecular weight excluding hydrogens is 238 g/mol. The number of rotatable bonds is 13. The highest BCUT2D eigenvalue weighted by Crippen LogP contribution is 2.03. The highest BCUT2D eigenvalue weighted by Gasteiger charge is 1.87. The molecular formula is C14H37N5. The van der Waals surface area contributed by atoms with E-state index in [0.717, 1.165) is 52.1 Å². The predicted molar refractivity (Wildman–Crippen MR) is 86.0 cm³/mol. The summed E-state index contributed by atoms with van der Waals surface area (Å²) in [5.41, 5.74) is 21.3. The van der Waals surface area contributed by atoms with Crippen LogP contribution in [0.3, 0.4) is 0 Å². The van der Waals surface area contributed by atoms with E-state index < -0.39 is 0 Å². The van der Waals surface area contributed by atoms with Crippen molar-refractivity contribution in [2.75, 3.05) is 39.3 Å². The van der Waals surface area contributed by atoms with Gasteiger partial charge in [-0.3, -0.25) is 0 Å². The van der Waals surface area contributed by atoms with Gasteiger partial charge in [0.1, 0.15) is 0 Å². The molecule has 0 unspecified atom stereocenters. The first-order valence-electron chi connectivity index (χ1n) is 7.84. The van der Waals surface area contributed by atoms with Crippen LogP contribution in [0, 0.1) is 0 Å². The Labute approximate surface area is 119 Å². The lowest BCUT2D eigenvalue weighted by Crippen LogP contribution is -2.21. The Balaban J connectivity index is 0. The van der Waals surface area contributed by atoms with Crippen molar-refractivity contribution in [1.29, 1.82) is 0 Å². The van der Waals surface area contributed by atoms with Crippen molar-refractivity contribution >= 4 is 0 Å². The number of nitrogens with two attached hydrogens (primary N) is 4. The second-order valence-corrected chi connectivity index (χ2v) is 4.73. The molecule has 5 heteroatoms. The SMILES string of the molecule is NCCCCCCCCN.NCCCNCCCN. The van der Waals surface area contributed by atoms with Gasteiger partial charge in [-0.05, 0) is 65.0 Å². The van der Waals surface area contributed by atoms with E-state index in [1.807, 2.05) is 0 Å². The van der Waals surface area contributed by atoms with Gasteiger partial charge in [-0.25, -0.2) is 0 Å². The summed E-state index contributed by atoms with van der Waals surface area (Å²) in [5, 5.41) is 3.23. The van der Waals surface area contributed by atoms with Crippen LogP contribution < -0.4 is 28.3 Å². The van der Waals surface area contributed by atoms with Gasteiger partial charge in [0.15, 0.2) is 0 Å². The van der Waals surface area contributed by atoms with Crippen molar-refractivity contribution in [1.82, 2.24) is 5.32 Å². The van der Waals surface area contributed by atoms with Gasteiger partial charge in [-0.2, -0.15) is 0 Å². The molecule has 9 N–H and O–H groups in total. The van der Waals surface area contributed by atoms with Crippen molar-refractivity contribution in [2.24, 2.45) is 22.9 Å². The Morgan fingerprint density at radius 3 is 1.05 bits per heavy atom. The lowest BCUT2D eigenvalue weighted by Gasteiger charge is -2.00. The van der Waals surface area contributed by atoms with Crippen molar-refractivity contribution < 1.29 is 0 Å².